The van der Waals surface area contributed by atoms with Gasteiger partial charge in [-0.05, 0) is 30.8 Å². The van der Waals surface area contributed by atoms with E-state index in [1.807, 2.05) is 6.92 Å². The maximum Gasteiger partial charge on any atom is 0.0759 e. The van der Waals surface area contributed by atoms with Gasteiger partial charge in [0, 0.05) is 5.57 Å². The van der Waals surface area contributed by atoms with Gasteiger partial charge >= 0.3 is 0 Å². The first-order chi connectivity index (χ1) is 5.49. The van der Waals surface area contributed by atoms with Crippen LogP contribution in [0, 0.1) is 17.8 Å². The molecule has 0 aromatic rings. The van der Waals surface area contributed by atoms with Gasteiger partial charge < -0.3 is 5.11 Å². The summed E-state index contributed by atoms with van der Waals surface area (Å²) in [6.07, 6.45) is 6.91. The van der Waals surface area contributed by atoms with Crippen LogP contribution in [0.3, 0.4) is 0 Å². The average Bonchev–Trinajstić information content (AvgIpc) is 1.99. The summed E-state index contributed by atoms with van der Waals surface area (Å²) in [5.74, 6) is 2.69. The molecule has 12 heavy (non-hydrogen) atoms. The van der Waals surface area contributed by atoms with Gasteiger partial charge in [0.2, 0.25) is 0 Å². The number of rotatable bonds is 0. The topological polar surface area (TPSA) is 20.2 Å². The molecule has 0 radical (unpaired) electrons. The zero-order valence-corrected chi connectivity index (χ0v) is 8.02. The van der Waals surface area contributed by atoms with Gasteiger partial charge in [-0.2, -0.15) is 0 Å². The molecule has 1 atom stereocenters. The Kier molecular flexibility index (Phi) is 2.30. The number of allylic oxidation sites excluding steroid dienone is 1. The van der Waals surface area contributed by atoms with Crippen molar-refractivity contribution in [3.8, 4) is 12.3 Å². The second-order valence-corrected chi connectivity index (χ2v) is 4.14. The maximum atomic E-state index is 9.56. The fourth-order valence-corrected chi connectivity index (χ4v) is 1.85. The highest BCUT2D eigenvalue weighted by atomic mass is 16.3. The summed E-state index contributed by atoms with van der Waals surface area (Å²) in [5.41, 5.74) is 2.05. The lowest BCUT2D eigenvalue weighted by Crippen LogP contribution is -2.27. The van der Waals surface area contributed by atoms with Gasteiger partial charge in [-0.25, -0.2) is 0 Å². The van der Waals surface area contributed by atoms with Crippen LogP contribution in [0.2, 0.25) is 0 Å². The van der Waals surface area contributed by atoms with E-state index in [0.29, 0.717) is 0 Å². The fourth-order valence-electron chi connectivity index (χ4n) is 1.85. The molecule has 0 saturated heterocycles. The minimum atomic E-state index is -0.316. The van der Waals surface area contributed by atoms with Crippen LogP contribution < -0.4 is 0 Å². The highest BCUT2D eigenvalue weighted by Gasteiger charge is 2.31. The fraction of sp³-hybridized carbons (Fsp3) is 0.636. The Balaban J connectivity index is 3.12. The molecular weight excluding hydrogens is 148 g/mol. The largest absolute Gasteiger partial charge is 0.389 e. The molecular formula is C11H16O. The molecule has 0 saturated carbocycles. The van der Waals surface area contributed by atoms with E-state index in [4.69, 9.17) is 6.42 Å². The van der Waals surface area contributed by atoms with Crippen LogP contribution in [0.15, 0.2) is 11.1 Å². The normalized spacial score (nSPS) is 28.4. The number of terminal acetylenes is 1. The molecule has 0 aromatic carbocycles. The molecule has 0 aliphatic heterocycles. The summed E-state index contributed by atoms with van der Waals surface area (Å²) < 4.78 is 0. The predicted octanol–water partition coefficient (Wildman–Crippen LogP) is 2.12. The molecule has 0 aromatic heterocycles. The Hall–Kier alpha value is -0.740. The van der Waals surface area contributed by atoms with Crippen LogP contribution in [0.25, 0.3) is 0 Å². The molecule has 0 spiro atoms. The smallest absolute Gasteiger partial charge is 0.0759 e. The Morgan fingerprint density at radius 3 is 2.58 bits per heavy atom. The van der Waals surface area contributed by atoms with E-state index in [2.05, 4.69) is 19.8 Å². The molecule has 0 heterocycles. The van der Waals surface area contributed by atoms with Gasteiger partial charge in [-0.3, -0.25) is 0 Å². The third-order valence-corrected chi connectivity index (χ3v) is 2.76. The van der Waals surface area contributed by atoms with Crippen molar-refractivity contribution in [2.24, 2.45) is 5.41 Å². The minimum absolute atomic E-state index is 0.0814. The number of hydrogen-bond acceptors (Lipinski definition) is 1. The second kappa shape index (κ2) is 2.95. The third kappa shape index (κ3) is 1.40. The third-order valence-electron chi connectivity index (χ3n) is 2.76. The van der Waals surface area contributed by atoms with Crippen molar-refractivity contribution in [3.05, 3.63) is 11.1 Å². The monoisotopic (exact) mass is 164 g/mol. The average molecular weight is 164 g/mol. The van der Waals surface area contributed by atoms with E-state index >= 15 is 0 Å². The molecule has 1 aliphatic carbocycles. The van der Waals surface area contributed by atoms with Gasteiger partial charge in [0.05, 0.1) is 6.10 Å². The van der Waals surface area contributed by atoms with Crippen LogP contribution in [-0.2, 0) is 0 Å². The van der Waals surface area contributed by atoms with Crippen LogP contribution in [0.5, 0.6) is 0 Å². The molecule has 0 amide bonds. The molecule has 0 unspecified atom stereocenters. The van der Waals surface area contributed by atoms with Crippen molar-refractivity contribution < 1.29 is 5.11 Å². The van der Waals surface area contributed by atoms with E-state index in [-0.39, 0.29) is 11.5 Å². The van der Waals surface area contributed by atoms with E-state index in [9.17, 15) is 5.11 Å². The Bertz CT molecular complexity index is 253. The molecule has 0 fully saturated rings. The minimum Gasteiger partial charge on any atom is -0.389 e. The van der Waals surface area contributed by atoms with Gasteiger partial charge in [0.25, 0.3) is 0 Å². The highest BCUT2D eigenvalue weighted by molar-refractivity contribution is 5.39. The summed E-state index contributed by atoms with van der Waals surface area (Å²) in [6.45, 7) is 6.20. The standard InChI is InChI=1S/C11H16O/c1-5-9-8(2)10(12)6-7-11(9,3)4/h1,10,12H,6-7H2,2-4H3/t10-/m0/s1. The van der Waals surface area contributed by atoms with Crippen molar-refractivity contribution in [1.82, 2.24) is 0 Å². The first-order valence-corrected chi connectivity index (χ1v) is 4.35. The van der Waals surface area contributed by atoms with Crippen molar-refractivity contribution in [1.29, 1.82) is 0 Å². The van der Waals surface area contributed by atoms with E-state index in [1.165, 1.54) is 0 Å². The first-order valence-electron chi connectivity index (χ1n) is 4.35. The van der Waals surface area contributed by atoms with Crippen molar-refractivity contribution in [3.63, 3.8) is 0 Å². The summed E-state index contributed by atoms with van der Waals surface area (Å²) in [4.78, 5) is 0. The van der Waals surface area contributed by atoms with E-state index < -0.39 is 0 Å². The summed E-state index contributed by atoms with van der Waals surface area (Å²) in [5, 5.41) is 9.56. The van der Waals surface area contributed by atoms with Crippen molar-refractivity contribution in [2.75, 3.05) is 0 Å². The second-order valence-electron chi connectivity index (χ2n) is 4.14. The summed E-state index contributed by atoms with van der Waals surface area (Å²) in [6, 6.07) is 0. The van der Waals surface area contributed by atoms with E-state index in [0.717, 1.165) is 24.0 Å². The molecule has 1 rings (SSSR count). The molecule has 1 heteroatoms. The molecule has 66 valence electrons. The van der Waals surface area contributed by atoms with E-state index in [1.54, 1.807) is 0 Å². The highest BCUT2D eigenvalue weighted by Crippen LogP contribution is 2.39. The quantitative estimate of drug-likeness (QED) is 0.544. The molecule has 1 N–H and O–H groups in total. The Morgan fingerprint density at radius 2 is 2.17 bits per heavy atom. The molecule has 0 bridgehead atoms. The number of hydrogen-bond donors (Lipinski definition) is 1. The zero-order valence-electron chi connectivity index (χ0n) is 8.02. The Morgan fingerprint density at radius 1 is 1.58 bits per heavy atom. The lowest BCUT2D eigenvalue weighted by atomic mass is 9.72. The first kappa shape index (κ1) is 9.35. The molecule has 1 aliphatic rings. The SMILES string of the molecule is C#CC1=C(C)[C@@H](O)CCC1(C)C. The van der Waals surface area contributed by atoms with Crippen LogP contribution >= 0.6 is 0 Å². The summed E-state index contributed by atoms with van der Waals surface area (Å²) in [7, 11) is 0. The van der Waals surface area contributed by atoms with Crippen molar-refractivity contribution in [2.45, 2.75) is 39.7 Å². The number of aliphatic hydroxyl groups is 1. The van der Waals surface area contributed by atoms with Gasteiger partial charge in [-0.1, -0.05) is 19.8 Å². The van der Waals surface area contributed by atoms with Crippen LogP contribution in [0.1, 0.15) is 33.6 Å². The van der Waals surface area contributed by atoms with Crippen LogP contribution in [0.4, 0.5) is 0 Å². The maximum absolute atomic E-state index is 9.56. The van der Waals surface area contributed by atoms with Crippen LogP contribution in [-0.4, -0.2) is 11.2 Å². The van der Waals surface area contributed by atoms with Gasteiger partial charge in [0.15, 0.2) is 0 Å². The molecule has 1 nitrogen and oxygen atoms in total. The van der Waals surface area contributed by atoms with Gasteiger partial charge in [-0.15, -0.1) is 6.42 Å². The number of aliphatic hydroxyl groups excluding tert-OH is 1. The lowest BCUT2D eigenvalue weighted by Gasteiger charge is -2.33. The Labute approximate surface area is 74.5 Å². The van der Waals surface area contributed by atoms with Crippen molar-refractivity contribution >= 4 is 0 Å². The van der Waals surface area contributed by atoms with Gasteiger partial charge in [0.1, 0.15) is 0 Å². The lowest BCUT2D eigenvalue weighted by molar-refractivity contribution is 0.163. The predicted molar refractivity (Wildman–Crippen MR) is 50.6 cm³/mol. The zero-order chi connectivity index (χ0) is 9.35. The summed E-state index contributed by atoms with van der Waals surface area (Å²) >= 11 is 0.